The van der Waals surface area contributed by atoms with Gasteiger partial charge in [0, 0.05) is 22.5 Å². The molecule has 98 valence electrons. The molecule has 3 nitrogen and oxygen atoms in total. The molecule has 1 aromatic rings. The molecule has 1 aliphatic heterocycles. The molecule has 0 saturated carbocycles. The number of halogens is 2. The number of carbonyl (C=O) groups excluding carboxylic acids is 1. The fourth-order valence-corrected chi connectivity index (χ4v) is 2.55. The number of hydrogen-bond donors (Lipinski definition) is 2. The maximum atomic E-state index is 11.9. The number of piperidine rings is 1. The van der Waals surface area contributed by atoms with E-state index in [-0.39, 0.29) is 11.8 Å². The van der Waals surface area contributed by atoms with E-state index in [1.807, 2.05) is 6.07 Å². The average Bonchev–Trinajstić information content (AvgIpc) is 2.38. The van der Waals surface area contributed by atoms with Crippen molar-refractivity contribution in [2.24, 2.45) is 5.92 Å². The lowest BCUT2D eigenvalue weighted by Gasteiger charge is -2.21. The van der Waals surface area contributed by atoms with Crippen LogP contribution in [0.4, 0.5) is 0 Å². The number of hydrogen-bond acceptors (Lipinski definition) is 2. The Hall–Kier alpha value is -0.770. The third-order valence-electron chi connectivity index (χ3n) is 3.18. The van der Waals surface area contributed by atoms with Gasteiger partial charge in [0.15, 0.2) is 0 Å². The summed E-state index contributed by atoms with van der Waals surface area (Å²) in [6.45, 7) is 2.29. The van der Waals surface area contributed by atoms with Crippen LogP contribution in [0.25, 0.3) is 0 Å². The Morgan fingerprint density at radius 2 is 2.06 bits per heavy atom. The van der Waals surface area contributed by atoms with Crippen LogP contribution in [0.2, 0.25) is 10.0 Å². The molecule has 0 atom stereocenters. The van der Waals surface area contributed by atoms with E-state index in [2.05, 4.69) is 10.6 Å². The normalized spacial score (nSPS) is 16.6. The summed E-state index contributed by atoms with van der Waals surface area (Å²) in [4.78, 5) is 11.9. The fourth-order valence-electron chi connectivity index (χ4n) is 2.08. The van der Waals surface area contributed by atoms with Crippen LogP contribution in [0.1, 0.15) is 18.4 Å². The highest BCUT2D eigenvalue weighted by Gasteiger charge is 2.20. The van der Waals surface area contributed by atoms with Crippen LogP contribution in [0.3, 0.4) is 0 Å². The van der Waals surface area contributed by atoms with E-state index in [1.54, 1.807) is 12.1 Å². The number of benzene rings is 1. The minimum Gasteiger partial charge on any atom is -0.352 e. The van der Waals surface area contributed by atoms with Crippen molar-refractivity contribution in [2.75, 3.05) is 13.1 Å². The maximum absolute atomic E-state index is 11.9. The second-order valence-corrected chi connectivity index (χ2v) is 5.32. The molecule has 1 aliphatic rings. The minimum absolute atomic E-state index is 0.113. The predicted molar refractivity (Wildman–Crippen MR) is 73.9 cm³/mol. The lowest BCUT2D eigenvalue weighted by molar-refractivity contribution is -0.125. The van der Waals surface area contributed by atoms with Crippen molar-refractivity contribution in [1.82, 2.24) is 10.6 Å². The molecule has 1 saturated heterocycles. The number of rotatable bonds is 3. The van der Waals surface area contributed by atoms with Gasteiger partial charge in [-0.3, -0.25) is 4.79 Å². The summed E-state index contributed by atoms with van der Waals surface area (Å²) >= 11 is 11.9. The molecule has 1 amide bonds. The van der Waals surface area contributed by atoms with Crippen LogP contribution >= 0.6 is 23.2 Å². The van der Waals surface area contributed by atoms with Gasteiger partial charge in [-0.15, -0.1) is 0 Å². The van der Waals surface area contributed by atoms with E-state index >= 15 is 0 Å². The smallest absolute Gasteiger partial charge is 0.223 e. The summed E-state index contributed by atoms with van der Waals surface area (Å²) in [5.41, 5.74) is 0.892. The van der Waals surface area contributed by atoms with E-state index in [0.29, 0.717) is 16.6 Å². The van der Waals surface area contributed by atoms with E-state index in [9.17, 15) is 4.79 Å². The van der Waals surface area contributed by atoms with Crippen LogP contribution in [0, 0.1) is 5.92 Å². The van der Waals surface area contributed by atoms with Gasteiger partial charge in [-0.05, 0) is 43.6 Å². The summed E-state index contributed by atoms with van der Waals surface area (Å²) in [6.07, 6.45) is 1.81. The summed E-state index contributed by atoms with van der Waals surface area (Å²) < 4.78 is 0. The number of nitrogens with one attached hydrogen (secondary N) is 2. The van der Waals surface area contributed by atoms with Gasteiger partial charge < -0.3 is 10.6 Å². The molecule has 2 rings (SSSR count). The van der Waals surface area contributed by atoms with Gasteiger partial charge >= 0.3 is 0 Å². The standard InChI is InChI=1S/C13H16Cl2N2O/c14-11-2-1-10(12(15)7-11)8-17-13(18)9-3-5-16-6-4-9/h1-2,7,9,16H,3-6,8H2,(H,17,18). The zero-order chi connectivity index (χ0) is 13.0. The molecule has 0 radical (unpaired) electrons. The summed E-state index contributed by atoms with van der Waals surface area (Å²) in [5.74, 6) is 0.236. The van der Waals surface area contributed by atoms with Crippen molar-refractivity contribution in [3.05, 3.63) is 33.8 Å². The van der Waals surface area contributed by atoms with E-state index < -0.39 is 0 Å². The summed E-state index contributed by atoms with van der Waals surface area (Å²) in [6, 6.07) is 5.31. The van der Waals surface area contributed by atoms with Crippen molar-refractivity contribution < 1.29 is 4.79 Å². The molecule has 0 aromatic heterocycles. The molecule has 0 spiro atoms. The van der Waals surface area contributed by atoms with Crippen LogP contribution in [-0.4, -0.2) is 19.0 Å². The van der Waals surface area contributed by atoms with Gasteiger partial charge in [0.25, 0.3) is 0 Å². The molecule has 18 heavy (non-hydrogen) atoms. The molecule has 2 N–H and O–H groups in total. The Bertz CT molecular complexity index is 431. The van der Waals surface area contributed by atoms with Crippen LogP contribution in [0.5, 0.6) is 0 Å². The highest BCUT2D eigenvalue weighted by molar-refractivity contribution is 6.35. The highest BCUT2D eigenvalue weighted by Crippen LogP contribution is 2.21. The number of carbonyl (C=O) groups is 1. The van der Waals surface area contributed by atoms with Crippen molar-refractivity contribution in [2.45, 2.75) is 19.4 Å². The van der Waals surface area contributed by atoms with Gasteiger partial charge in [-0.25, -0.2) is 0 Å². The maximum Gasteiger partial charge on any atom is 0.223 e. The first kappa shape index (κ1) is 13.7. The molecular formula is C13H16Cl2N2O. The topological polar surface area (TPSA) is 41.1 Å². The monoisotopic (exact) mass is 286 g/mol. The first-order chi connectivity index (χ1) is 8.66. The van der Waals surface area contributed by atoms with E-state index in [4.69, 9.17) is 23.2 Å². The second kappa shape index (κ2) is 6.41. The van der Waals surface area contributed by atoms with Crippen molar-refractivity contribution >= 4 is 29.1 Å². The second-order valence-electron chi connectivity index (χ2n) is 4.48. The Balaban J connectivity index is 1.88. The number of amides is 1. The zero-order valence-corrected chi connectivity index (χ0v) is 11.5. The SMILES string of the molecule is O=C(NCc1ccc(Cl)cc1Cl)C1CCNCC1. The molecule has 1 fully saturated rings. The highest BCUT2D eigenvalue weighted by atomic mass is 35.5. The quantitative estimate of drug-likeness (QED) is 0.897. The Morgan fingerprint density at radius 3 is 2.72 bits per heavy atom. The minimum atomic E-state index is 0.113. The van der Waals surface area contributed by atoms with Crippen LogP contribution < -0.4 is 10.6 Å². The van der Waals surface area contributed by atoms with Crippen LogP contribution in [-0.2, 0) is 11.3 Å². The molecule has 0 unspecified atom stereocenters. The first-order valence-corrected chi connectivity index (χ1v) is 6.85. The summed E-state index contributed by atoms with van der Waals surface area (Å²) in [7, 11) is 0. The van der Waals surface area contributed by atoms with Crippen molar-refractivity contribution in [1.29, 1.82) is 0 Å². The van der Waals surface area contributed by atoms with Gasteiger partial charge in [0.05, 0.1) is 0 Å². The summed E-state index contributed by atoms with van der Waals surface area (Å²) in [5, 5.41) is 7.37. The molecule has 0 bridgehead atoms. The lowest BCUT2D eigenvalue weighted by atomic mass is 9.97. The van der Waals surface area contributed by atoms with Crippen LogP contribution in [0.15, 0.2) is 18.2 Å². The third kappa shape index (κ3) is 3.61. The molecule has 5 heteroatoms. The van der Waals surface area contributed by atoms with E-state index in [1.165, 1.54) is 0 Å². The molecule has 1 aromatic carbocycles. The molecule has 0 aliphatic carbocycles. The van der Waals surface area contributed by atoms with Gasteiger partial charge in [-0.1, -0.05) is 29.3 Å². The van der Waals surface area contributed by atoms with Gasteiger partial charge in [0.2, 0.25) is 5.91 Å². The molecular weight excluding hydrogens is 271 g/mol. The fraction of sp³-hybridized carbons (Fsp3) is 0.462. The van der Waals surface area contributed by atoms with Gasteiger partial charge in [0.1, 0.15) is 0 Å². The zero-order valence-electron chi connectivity index (χ0n) is 10.0. The largest absolute Gasteiger partial charge is 0.352 e. The van der Waals surface area contributed by atoms with Crippen molar-refractivity contribution in [3.8, 4) is 0 Å². The average molecular weight is 287 g/mol. The van der Waals surface area contributed by atoms with Crippen molar-refractivity contribution in [3.63, 3.8) is 0 Å². The lowest BCUT2D eigenvalue weighted by Crippen LogP contribution is -2.37. The van der Waals surface area contributed by atoms with Gasteiger partial charge in [-0.2, -0.15) is 0 Å². The third-order valence-corrected chi connectivity index (χ3v) is 3.77. The van der Waals surface area contributed by atoms with E-state index in [0.717, 1.165) is 31.5 Å². The molecule has 1 heterocycles. The Kier molecular flexibility index (Phi) is 4.87. The predicted octanol–water partition coefficient (Wildman–Crippen LogP) is 2.61. The Morgan fingerprint density at radius 1 is 1.33 bits per heavy atom. The first-order valence-electron chi connectivity index (χ1n) is 6.09. The Labute approximate surface area is 117 Å².